The van der Waals surface area contributed by atoms with E-state index in [1.807, 2.05) is 0 Å². The fourth-order valence-corrected chi connectivity index (χ4v) is 16.2. The summed E-state index contributed by atoms with van der Waals surface area (Å²) in [5, 5.41) is 22.0. The fraction of sp³-hybridized carbons (Fsp3) is 0. The van der Waals surface area contributed by atoms with Gasteiger partial charge in [0.2, 0.25) is 0 Å². The molecule has 19 aromatic carbocycles. The van der Waals surface area contributed by atoms with Crippen molar-refractivity contribution in [3.63, 3.8) is 0 Å². The molecule has 0 atom stereocenters. The van der Waals surface area contributed by atoms with Crippen molar-refractivity contribution in [1.82, 2.24) is 0 Å². The van der Waals surface area contributed by atoms with Gasteiger partial charge in [0, 0.05) is 21.5 Å². The van der Waals surface area contributed by atoms with E-state index < -0.39 is 0 Å². The molecule has 2 aromatic heterocycles. The van der Waals surface area contributed by atoms with Crippen LogP contribution >= 0.6 is 0 Å². The normalized spacial score (nSPS) is 11.7. The molecule has 102 heavy (non-hydrogen) atoms. The van der Waals surface area contributed by atoms with E-state index in [-0.39, 0.29) is 0 Å². The first-order chi connectivity index (χ1) is 50.5. The molecule has 21 rings (SSSR count). The second kappa shape index (κ2) is 24.2. The van der Waals surface area contributed by atoms with E-state index >= 15 is 0 Å². The van der Waals surface area contributed by atoms with Crippen LogP contribution in [0.3, 0.4) is 0 Å². The zero-order valence-electron chi connectivity index (χ0n) is 55.6. The second-order valence-electron chi connectivity index (χ2n) is 26.9. The van der Waals surface area contributed by atoms with Crippen LogP contribution in [0.25, 0.3) is 208 Å². The summed E-state index contributed by atoms with van der Waals surface area (Å²) in [7, 11) is 0. The minimum absolute atomic E-state index is 0.914. The summed E-state index contributed by atoms with van der Waals surface area (Å²) in [6.45, 7) is 0. The molecule has 0 saturated heterocycles. The van der Waals surface area contributed by atoms with Gasteiger partial charge in [-0.05, 0) is 219 Å². The molecule has 0 unspecified atom stereocenters. The average Bonchev–Trinajstić information content (AvgIpc) is 1.03. The van der Waals surface area contributed by atoms with Gasteiger partial charge in [-0.25, -0.2) is 0 Å². The molecule has 0 saturated carbocycles. The van der Waals surface area contributed by atoms with Gasteiger partial charge in [0.15, 0.2) is 0 Å². The molecule has 0 bridgehead atoms. The maximum Gasteiger partial charge on any atom is 0.136 e. The third kappa shape index (κ3) is 10.0. The molecule has 0 spiro atoms. The van der Waals surface area contributed by atoms with E-state index in [2.05, 4.69) is 376 Å². The number of benzene rings is 19. The maximum atomic E-state index is 6.29. The summed E-state index contributed by atoms with van der Waals surface area (Å²) in [6.07, 6.45) is 0. The third-order valence-corrected chi connectivity index (χ3v) is 21.1. The highest BCUT2D eigenvalue weighted by Gasteiger charge is 2.21. The van der Waals surface area contributed by atoms with Crippen LogP contribution in [0.4, 0.5) is 0 Å². The fourth-order valence-electron chi connectivity index (χ4n) is 16.2. The average molecular weight is 1300 g/mol. The van der Waals surface area contributed by atoms with Crippen LogP contribution in [0.15, 0.2) is 385 Å². The van der Waals surface area contributed by atoms with Gasteiger partial charge < -0.3 is 8.83 Å². The van der Waals surface area contributed by atoms with Gasteiger partial charge in [0.1, 0.15) is 22.3 Å². The highest BCUT2D eigenvalue weighted by atomic mass is 16.3. The largest absolute Gasteiger partial charge is 0.456 e. The number of fused-ring (bicyclic) bond motifs is 13. The molecule has 2 heterocycles. The van der Waals surface area contributed by atoms with Gasteiger partial charge in [0.25, 0.3) is 0 Å². The van der Waals surface area contributed by atoms with E-state index in [9.17, 15) is 0 Å². The number of rotatable bonds is 8. The van der Waals surface area contributed by atoms with E-state index in [0.717, 1.165) is 43.9 Å². The van der Waals surface area contributed by atoms with Crippen LogP contribution < -0.4 is 0 Å². The van der Waals surface area contributed by atoms with E-state index in [4.69, 9.17) is 8.83 Å². The maximum absolute atomic E-state index is 6.29. The number of hydrogen-bond acceptors (Lipinski definition) is 2. The van der Waals surface area contributed by atoms with Crippen molar-refractivity contribution in [2.75, 3.05) is 0 Å². The van der Waals surface area contributed by atoms with Crippen molar-refractivity contribution < 1.29 is 8.83 Å². The molecule has 0 amide bonds. The second-order valence-corrected chi connectivity index (χ2v) is 26.9. The smallest absolute Gasteiger partial charge is 0.136 e. The van der Waals surface area contributed by atoms with Gasteiger partial charge in [-0.3, -0.25) is 0 Å². The van der Waals surface area contributed by atoms with Gasteiger partial charge in [-0.15, -0.1) is 0 Å². The lowest BCUT2D eigenvalue weighted by Gasteiger charge is -2.18. The first kappa shape index (κ1) is 58.7. The van der Waals surface area contributed by atoms with Gasteiger partial charge >= 0.3 is 0 Å². The van der Waals surface area contributed by atoms with Crippen LogP contribution in [0.5, 0.6) is 0 Å². The van der Waals surface area contributed by atoms with Crippen LogP contribution in [0, 0.1) is 0 Å². The summed E-state index contributed by atoms with van der Waals surface area (Å²) in [5.74, 6) is 0. The van der Waals surface area contributed by atoms with Crippen LogP contribution in [0.2, 0.25) is 0 Å². The minimum Gasteiger partial charge on any atom is -0.456 e. The number of furan rings is 2. The van der Waals surface area contributed by atoms with E-state index in [1.165, 1.54) is 164 Å². The van der Waals surface area contributed by atoms with Gasteiger partial charge in [-0.2, -0.15) is 0 Å². The zero-order valence-corrected chi connectivity index (χ0v) is 55.6. The van der Waals surface area contributed by atoms with Crippen molar-refractivity contribution in [1.29, 1.82) is 0 Å². The monoisotopic (exact) mass is 1290 g/mol. The molecule has 2 nitrogen and oxygen atoms in total. The lowest BCUT2D eigenvalue weighted by atomic mass is 9.85. The molecule has 0 N–H and O–H groups in total. The first-order valence-corrected chi connectivity index (χ1v) is 35.1. The molecule has 2 heteroatoms. The minimum atomic E-state index is 0.914. The zero-order chi connectivity index (χ0) is 67.2. The predicted octanol–water partition coefficient (Wildman–Crippen LogP) is 28.6. The molecular formula is C100H62O2. The van der Waals surface area contributed by atoms with E-state index in [0.29, 0.717) is 0 Å². The Balaban J connectivity index is 0.000000137. The molecule has 474 valence electrons. The van der Waals surface area contributed by atoms with Gasteiger partial charge in [-0.1, -0.05) is 322 Å². The van der Waals surface area contributed by atoms with Crippen molar-refractivity contribution in [3.8, 4) is 89.0 Å². The van der Waals surface area contributed by atoms with Crippen molar-refractivity contribution in [2.45, 2.75) is 0 Å². The lowest BCUT2D eigenvalue weighted by molar-refractivity contribution is 0.669. The summed E-state index contributed by atoms with van der Waals surface area (Å²) in [6, 6.07) is 136. The number of hydrogen-bond donors (Lipinski definition) is 0. The highest BCUT2D eigenvalue weighted by molar-refractivity contribution is 6.23. The molecule has 0 aliphatic rings. The molecular weight excluding hydrogens is 1230 g/mol. The summed E-state index contributed by atoms with van der Waals surface area (Å²) < 4.78 is 12.6. The molecule has 21 aromatic rings. The SMILES string of the molecule is c1ccc(-c2cccc(-c3c4ccccc4c(-c4ccc(-c5ccc6oc7cc8ccccc8cc7c6c5)cc4)c4ccccc34)c2)cc1.c1ccc2cc3c(cc2c1)oc1ccc(-c2ccc(-c4c5ccccc5c(-c5ccc(-c6cccc7ccccc67)cc5)c5ccccc45)cc2)cc13. The van der Waals surface area contributed by atoms with Gasteiger partial charge in [0.05, 0.1) is 0 Å². The molecule has 0 aliphatic heterocycles. The molecule has 0 fully saturated rings. The van der Waals surface area contributed by atoms with Crippen molar-refractivity contribution in [2.24, 2.45) is 0 Å². The Morgan fingerprint density at radius 3 is 0.833 bits per heavy atom. The Morgan fingerprint density at radius 1 is 0.127 bits per heavy atom. The molecule has 0 aliphatic carbocycles. The molecule has 0 radical (unpaired) electrons. The standard InChI is InChI=1S/C52H32O.C48H30O/c1-2-12-39-32-50-48(30-38(39)11-1)47-31-40(28-29-49(47)53-50)33-20-24-36(25-21-33)51-43-15-5-7-17-45(43)52(46-18-8-6-16-44(46)51)37-26-22-35(23-27-37)42-19-9-13-34-10-3-4-14-41(34)42;1-2-11-31(12-3-1)34-15-10-16-38(27-34)48-41-19-8-6-17-39(41)47(40-18-7-9-20-42(40)48)33-23-21-32(22-24-33)37-25-26-45-43(29-37)44-28-35-13-4-5-14-36(35)30-46(44)49-45/h1-32H;1-30H. The Morgan fingerprint density at radius 2 is 0.402 bits per heavy atom. The topological polar surface area (TPSA) is 26.3 Å². The summed E-state index contributed by atoms with van der Waals surface area (Å²) >= 11 is 0. The highest BCUT2D eigenvalue weighted by Crippen LogP contribution is 2.48. The van der Waals surface area contributed by atoms with Crippen LogP contribution in [0.1, 0.15) is 0 Å². The van der Waals surface area contributed by atoms with Crippen LogP contribution in [-0.4, -0.2) is 0 Å². The summed E-state index contributed by atoms with van der Waals surface area (Å²) in [4.78, 5) is 0. The summed E-state index contributed by atoms with van der Waals surface area (Å²) in [5.41, 5.74) is 23.3. The van der Waals surface area contributed by atoms with Crippen molar-refractivity contribution in [3.05, 3.63) is 376 Å². The lowest BCUT2D eigenvalue weighted by Crippen LogP contribution is -1.91. The third-order valence-electron chi connectivity index (χ3n) is 21.1. The Hall–Kier alpha value is -13.4. The quantitative estimate of drug-likeness (QED) is 0.142. The Labute approximate surface area is 589 Å². The Kier molecular flexibility index (Phi) is 14.0. The van der Waals surface area contributed by atoms with E-state index in [1.54, 1.807) is 0 Å². The van der Waals surface area contributed by atoms with Crippen molar-refractivity contribution >= 4 is 119 Å². The Bertz CT molecular complexity index is 6770. The predicted molar refractivity (Wildman–Crippen MR) is 433 cm³/mol. The van der Waals surface area contributed by atoms with Crippen LogP contribution in [-0.2, 0) is 0 Å². The first-order valence-electron chi connectivity index (χ1n) is 35.1.